The maximum absolute atomic E-state index is 13.0. The van der Waals surface area contributed by atoms with Gasteiger partial charge in [-0.2, -0.15) is 0 Å². The molecule has 0 aromatic heterocycles. The maximum Gasteiger partial charge on any atom is 0.348 e. The van der Waals surface area contributed by atoms with Crippen LogP contribution in [-0.2, 0) is 58.9 Å². The normalized spacial score (nSPS) is 21.0. The fourth-order valence-electron chi connectivity index (χ4n) is 5.19. The summed E-state index contributed by atoms with van der Waals surface area (Å²) < 4.78 is 27.1. The molecular weight excluding hydrogens is 632 g/mol. The van der Waals surface area contributed by atoms with Gasteiger partial charge in [0.2, 0.25) is 10.8 Å². The summed E-state index contributed by atoms with van der Waals surface area (Å²) >= 11 is 1.01. The Balaban J connectivity index is 1.80. The molecule has 2 aromatic carbocycles. The van der Waals surface area contributed by atoms with Gasteiger partial charge in [-0.05, 0) is 22.9 Å². The van der Waals surface area contributed by atoms with E-state index in [9.17, 15) is 28.8 Å². The Morgan fingerprint density at radius 3 is 2.15 bits per heavy atom. The molecule has 2 amide bonds. The Labute approximate surface area is 277 Å². The van der Waals surface area contributed by atoms with Crippen molar-refractivity contribution in [2.24, 2.45) is 0 Å². The molecule has 1 saturated heterocycles. The number of carbonyl (C=O) groups excluding carboxylic acids is 6. The summed E-state index contributed by atoms with van der Waals surface area (Å²) in [6.07, 6.45) is -1.84. The van der Waals surface area contributed by atoms with Crippen molar-refractivity contribution in [2.45, 2.75) is 69.3 Å². The third-order valence-corrected chi connectivity index (χ3v) is 8.36. The summed E-state index contributed by atoms with van der Waals surface area (Å²) in [6, 6.07) is 16.3. The Morgan fingerprint density at radius 1 is 0.915 bits per heavy atom. The van der Waals surface area contributed by atoms with Crippen molar-refractivity contribution >= 4 is 47.5 Å². The fourth-order valence-corrected chi connectivity index (χ4v) is 5.99. The lowest BCUT2D eigenvalue weighted by Crippen LogP contribution is -2.64. The second-order valence-electron chi connectivity index (χ2n) is 10.8. The van der Waals surface area contributed by atoms with Gasteiger partial charge in [0.1, 0.15) is 12.2 Å². The van der Waals surface area contributed by atoms with Crippen LogP contribution in [0.3, 0.4) is 0 Å². The summed E-state index contributed by atoms with van der Waals surface area (Å²) in [5, 5.41) is 5.44. The average Bonchev–Trinajstić information content (AvgIpc) is 3.03. The minimum Gasteiger partial charge on any atom is -0.466 e. The van der Waals surface area contributed by atoms with E-state index in [-0.39, 0.29) is 31.7 Å². The number of rotatable bonds is 14. The lowest BCUT2D eigenvalue weighted by atomic mass is 9.91. The second-order valence-corrected chi connectivity index (χ2v) is 11.9. The molecule has 2 N–H and O–H groups in total. The monoisotopic (exact) mass is 672 g/mol. The first-order valence-corrected chi connectivity index (χ1v) is 16.1. The van der Waals surface area contributed by atoms with E-state index in [1.165, 1.54) is 21.0 Å². The molecule has 0 saturated carbocycles. The minimum absolute atomic E-state index is 0.0586. The SMILES string of the molecule is COC(=O)[C@@]1(SC)C[C@H](OC(C)=O)[C@@H](NC(=O)COC(C)=O)[C@H](C[C@@H](CNC(=O)Cc2ccc(-c3ccccc3)cc2)OC(C)=O)O1. The van der Waals surface area contributed by atoms with Crippen molar-refractivity contribution in [3.05, 3.63) is 60.2 Å². The van der Waals surface area contributed by atoms with E-state index >= 15 is 0 Å². The second kappa shape index (κ2) is 17.5. The molecule has 0 aliphatic carbocycles. The number of carbonyl (C=O) groups is 6. The van der Waals surface area contributed by atoms with E-state index in [2.05, 4.69) is 10.6 Å². The van der Waals surface area contributed by atoms with Crippen LogP contribution in [0.5, 0.6) is 0 Å². The first-order chi connectivity index (χ1) is 22.3. The molecule has 3 rings (SSSR count). The largest absolute Gasteiger partial charge is 0.466 e. The van der Waals surface area contributed by atoms with Gasteiger partial charge in [-0.1, -0.05) is 54.6 Å². The smallest absolute Gasteiger partial charge is 0.348 e. The molecule has 0 unspecified atom stereocenters. The third-order valence-electron chi connectivity index (χ3n) is 7.27. The highest BCUT2D eigenvalue weighted by Gasteiger charge is 2.54. The Bertz CT molecular complexity index is 1420. The zero-order valence-electron chi connectivity index (χ0n) is 26.9. The number of nitrogens with one attached hydrogen (secondary N) is 2. The number of ether oxygens (including phenoxy) is 5. The van der Waals surface area contributed by atoms with Crippen molar-refractivity contribution in [1.82, 2.24) is 10.6 Å². The van der Waals surface area contributed by atoms with E-state index in [1.807, 2.05) is 54.6 Å². The van der Waals surface area contributed by atoms with Gasteiger partial charge in [0.25, 0.3) is 5.91 Å². The summed E-state index contributed by atoms with van der Waals surface area (Å²) in [5.74, 6) is -3.83. The van der Waals surface area contributed by atoms with Gasteiger partial charge in [0, 0.05) is 33.6 Å². The average molecular weight is 673 g/mol. The van der Waals surface area contributed by atoms with Crippen LogP contribution in [0, 0.1) is 0 Å². The Morgan fingerprint density at radius 2 is 1.57 bits per heavy atom. The lowest BCUT2D eigenvalue weighted by molar-refractivity contribution is -0.195. The molecule has 1 fully saturated rings. The van der Waals surface area contributed by atoms with Gasteiger partial charge in [0.05, 0.1) is 32.2 Å². The lowest BCUT2D eigenvalue weighted by Gasteiger charge is -2.46. The molecule has 1 aliphatic rings. The quantitative estimate of drug-likeness (QED) is 0.222. The zero-order valence-corrected chi connectivity index (χ0v) is 27.8. The predicted molar refractivity (Wildman–Crippen MR) is 171 cm³/mol. The third kappa shape index (κ3) is 11.1. The van der Waals surface area contributed by atoms with Crippen molar-refractivity contribution in [2.75, 3.05) is 26.5 Å². The fraction of sp³-hybridized carbons (Fsp3) is 0.455. The number of esters is 4. The predicted octanol–water partition coefficient (Wildman–Crippen LogP) is 2.33. The first-order valence-electron chi connectivity index (χ1n) is 14.8. The maximum atomic E-state index is 13.0. The molecule has 1 heterocycles. The van der Waals surface area contributed by atoms with Crippen molar-refractivity contribution in [3.8, 4) is 11.1 Å². The summed E-state index contributed by atoms with van der Waals surface area (Å²) in [5.41, 5.74) is 2.82. The van der Waals surface area contributed by atoms with Crippen LogP contribution in [0.2, 0.25) is 0 Å². The number of hydrogen-bond donors (Lipinski definition) is 2. The number of benzene rings is 2. The van der Waals surface area contributed by atoms with Gasteiger partial charge in [-0.25, -0.2) is 4.79 Å². The summed E-state index contributed by atoms with van der Waals surface area (Å²) in [7, 11) is 1.18. The molecule has 0 radical (unpaired) electrons. The van der Waals surface area contributed by atoms with E-state index in [0.29, 0.717) is 0 Å². The van der Waals surface area contributed by atoms with Crippen LogP contribution in [-0.4, -0.2) is 91.5 Å². The van der Waals surface area contributed by atoms with E-state index in [1.54, 1.807) is 6.26 Å². The van der Waals surface area contributed by atoms with E-state index in [4.69, 9.17) is 23.7 Å². The van der Waals surface area contributed by atoms with Crippen LogP contribution in [0.4, 0.5) is 0 Å². The van der Waals surface area contributed by atoms with Crippen LogP contribution in [0.1, 0.15) is 39.2 Å². The molecule has 14 heteroatoms. The summed E-state index contributed by atoms with van der Waals surface area (Å²) in [6.45, 7) is 2.77. The standard InChI is InChI=1S/C33H40N2O11S/c1-20(36)43-19-30(40)35-31-27(46-33(47-5,32(41)42-4)17-28(31)45-22(3)38)16-26(44-21(2)37)18-34-29(39)15-23-11-13-25(14-12-23)24-9-7-6-8-10-24/h6-14,26-28,31H,15-19H2,1-5H3,(H,34,39)(H,35,40)/t26-,27-,28-,31-,33-/m0/s1. The molecule has 2 aromatic rings. The van der Waals surface area contributed by atoms with Gasteiger partial charge in [-0.3, -0.25) is 24.0 Å². The summed E-state index contributed by atoms with van der Waals surface area (Å²) in [4.78, 5) is 72.5. The van der Waals surface area contributed by atoms with Crippen LogP contribution in [0.25, 0.3) is 11.1 Å². The minimum atomic E-state index is -1.65. The zero-order chi connectivity index (χ0) is 34.6. The van der Waals surface area contributed by atoms with Crippen LogP contribution < -0.4 is 10.6 Å². The van der Waals surface area contributed by atoms with Crippen LogP contribution in [0.15, 0.2) is 54.6 Å². The van der Waals surface area contributed by atoms with Crippen molar-refractivity contribution in [3.63, 3.8) is 0 Å². The van der Waals surface area contributed by atoms with E-state index in [0.717, 1.165) is 35.4 Å². The molecule has 0 bridgehead atoms. The molecular formula is C33H40N2O11S. The number of amides is 2. The molecule has 0 spiro atoms. The van der Waals surface area contributed by atoms with Gasteiger partial charge in [0.15, 0.2) is 6.61 Å². The van der Waals surface area contributed by atoms with Crippen molar-refractivity contribution < 1.29 is 52.5 Å². The molecule has 13 nitrogen and oxygen atoms in total. The number of thioether (sulfide) groups is 1. The highest BCUT2D eigenvalue weighted by atomic mass is 32.2. The van der Waals surface area contributed by atoms with Crippen molar-refractivity contribution in [1.29, 1.82) is 0 Å². The Hall–Kier alpha value is -4.43. The number of hydrogen-bond acceptors (Lipinski definition) is 12. The number of methoxy groups -OCH3 is 1. The molecule has 5 atom stereocenters. The molecule has 254 valence electrons. The first kappa shape index (κ1) is 37.0. The van der Waals surface area contributed by atoms with Gasteiger partial charge >= 0.3 is 23.9 Å². The molecule has 1 aliphatic heterocycles. The Kier molecular flexibility index (Phi) is 13.8. The molecule has 47 heavy (non-hydrogen) atoms. The van der Waals surface area contributed by atoms with Gasteiger partial charge in [-0.15, -0.1) is 11.8 Å². The van der Waals surface area contributed by atoms with Crippen LogP contribution >= 0.6 is 11.8 Å². The van der Waals surface area contributed by atoms with E-state index < -0.39 is 65.7 Å². The highest BCUT2D eigenvalue weighted by Crippen LogP contribution is 2.41. The topological polar surface area (TPSA) is 173 Å². The van der Waals surface area contributed by atoms with Gasteiger partial charge < -0.3 is 34.3 Å². The highest BCUT2D eigenvalue weighted by molar-refractivity contribution is 8.00.